The van der Waals surface area contributed by atoms with Crippen LogP contribution in [0.2, 0.25) is 5.02 Å². The second-order valence-electron chi connectivity index (χ2n) is 5.90. The highest BCUT2D eigenvalue weighted by atomic mass is 35.5. The predicted molar refractivity (Wildman–Crippen MR) is 79.1 cm³/mol. The Morgan fingerprint density at radius 1 is 1.50 bits per heavy atom. The first-order chi connectivity index (χ1) is 8.39. The third-order valence-corrected chi connectivity index (χ3v) is 3.71. The number of hydrogen-bond donors (Lipinski definition) is 2. The molecule has 0 bridgehead atoms. The molecule has 3 N–H and O–H groups in total. The summed E-state index contributed by atoms with van der Waals surface area (Å²) in [7, 11) is 0. The van der Waals surface area contributed by atoms with Crippen molar-refractivity contribution in [2.24, 2.45) is 5.92 Å². The van der Waals surface area contributed by atoms with Gasteiger partial charge >= 0.3 is 0 Å². The highest BCUT2D eigenvalue weighted by Crippen LogP contribution is 2.32. The molecule has 1 aromatic carbocycles. The third-order valence-electron chi connectivity index (χ3n) is 3.41. The summed E-state index contributed by atoms with van der Waals surface area (Å²) >= 11 is 6.26. The van der Waals surface area contributed by atoms with Crippen molar-refractivity contribution in [3.63, 3.8) is 0 Å². The lowest BCUT2D eigenvalue weighted by Crippen LogP contribution is -2.40. The molecule has 0 saturated carbocycles. The summed E-state index contributed by atoms with van der Waals surface area (Å²) < 4.78 is 0. The molecule has 1 saturated heterocycles. The average Bonchev–Trinajstić information content (AvgIpc) is 2.59. The average molecular weight is 268 g/mol. The number of halogens is 1. The number of nitrogens with one attached hydrogen (secondary N) is 1. The molecule has 1 atom stereocenters. The first kappa shape index (κ1) is 13.5. The topological polar surface area (TPSA) is 41.3 Å². The molecule has 3 nitrogen and oxygen atoms in total. The molecule has 100 valence electrons. The summed E-state index contributed by atoms with van der Waals surface area (Å²) in [6.07, 6.45) is 1.16. The van der Waals surface area contributed by atoms with Crippen LogP contribution in [0.1, 0.15) is 27.2 Å². The third kappa shape index (κ3) is 2.90. The SMILES string of the molecule is CC(C)C[C@@]1(C)CN(c2ccc(N)cc2Cl)CN1. The maximum atomic E-state index is 6.26. The van der Waals surface area contributed by atoms with E-state index >= 15 is 0 Å². The normalized spacial score (nSPS) is 23.9. The van der Waals surface area contributed by atoms with Crippen molar-refractivity contribution in [1.29, 1.82) is 0 Å². The minimum atomic E-state index is 0.166. The van der Waals surface area contributed by atoms with Gasteiger partial charge in [-0.25, -0.2) is 0 Å². The van der Waals surface area contributed by atoms with Gasteiger partial charge < -0.3 is 10.6 Å². The molecule has 0 unspecified atom stereocenters. The molecular weight excluding hydrogens is 246 g/mol. The molecule has 1 aliphatic rings. The van der Waals surface area contributed by atoms with Gasteiger partial charge in [-0.15, -0.1) is 0 Å². The number of hydrogen-bond acceptors (Lipinski definition) is 3. The fourth-order valence-electron chi connectivity index (χ4n) is 2.81. The van der Waals surface area contributed by atoms with Crippen LogP contribution in [0.4, 0.5) is 11.4 Å². The Morgan fingerprint density at radius 2 is 2.22 bits per heavy atom. The van der Waals surface area contributed by atoms with Gasteiger partial charge in [0.1, 0.15) is 0 Å². The van der Waals surface area contributed by atoms with Crippen LogP contribution >= 0.6 is 11.6 Å². The van der Waals surface area contributed by atoms with Gasteiger partial charge in [0.05, 0.1) is 17.4 Å². The number of nitrogens with two attached hydrogens (primary N) is 1. The monoisotopic (exact) mass is 267 g/mol. The van der Waals surface area contributed by atoms with Gasteiger partial charge in [0.15, 0.2) is 0 Å². The molecule has 1 aromatic rings. The maximum absolute atomic E-state index is 6.26. The number of nitrogen functional groups attached to an aromatic ring is 1. The van der Waals surface area contributed by atoms with E-state index in [9.17, 15) is 0 Å². The quantitative estimate of drug-likeness (QED) is 0.827. The van der Waals surface area contributed by atoms with E-state index in [1.54, 1.807) is 0 Å². The summed E-state index contributed by atoms with van der Waals surface area (Å²) in [5.74, 6) is 0.685. The van der Waals surface area contributed by atoms with E-state index in [0.717, 1.165) is 30.3 Å². The van der Waals surface area contributed by atoms with Gasteiger partial charge in [0, 0.05) is 17.8 Å². The lowest BCUT2D eigenvalue weighted by atomic mass is 9.91. The summed E-state index contributed by atoms with van der Waals surface area (Å²) in [6.45, 7) is 8.61. The molecule has 1 heterocycles. The van der Waals surface area contributed by atoms with E-state index < -0.39 is 0 Å². The standard InChI is InChI=1S/C14H22ClN3/c1-10(2)7-14(3)8-18(9-17-14)13-5-4-11(16)6-12(13)15/h4-6,10,17H,7-9,16H2,1-3H3/t14-/m0/s1. The highest BCUT2D eigenvalue weighted by Gasteiger charge is 2.34. The molecule has 0 aromatic heterocycles. The van der Waals surface area contributed by atoms with E-state index in [-0.39, 0.29) is 5.54 Å². The Bertz CT molecular complexity index is 433. The van der Waals surface area contributed by atoms with Crippen LogP contribution in [0.3, 0.4) is 0 Å². The van der Waals surface area contributed by atoms with E-state index in [0.29, 0.717) is 11.6 Å². The van der Waals surface area contributed by atoms with Gasteiger partial charge in [-0.2, -0.15) is 0 Å². The van der Waals surface area contributed by atoms with E-state index in [2.05, 4.69) is 31.0 Å². The van der Waals surface area contributed by atoms with Crippen molar-refractivity contribution in [2.45, 2.75) is 32.7 Å². The first-order valence-electron chi connectivity index (χ1n) is 6.45. The zero-order chi connectivity index (χ0) is 13.3. The Balaban J connectivity index is 2.13. The molecule has 0 aliphatic carbocycles. The number of anilines is 2. The van der Waals surface area contributed by atoms with Crippen molar-refractivity contribution in [3.05, 3.63) is 23.2 Å². The van der Waals surface area contributed by atoms with Gasteiger partial charge in [-0.1, -0.05) is 25.4 Å². The van der Waals surface area contributed by atoms with Crippen molar-refractivity contribution >= 4 is 23.0 Å². The van der Waals surface area contributed by atoms with Crippen LogP contribution in [-0.4, -0.2) is 18.8 Å². The van der Waals surface area contributed by atoms with Crippen LogP contribution in [0.15, 0.2) is 18.2 Å². The summed E-state index contributed by atoms with van der Waals surface area (Å²) in [6, 6.07) is 5.72. The van der Waals surface area contributed by atoms with Crippen molar-refractivity contribution in [1.82, 2.24) is 5.32 Å². The van der Waals surface area contributed by atoms with E-state index in [1.165, 1.54) is 0 Å². The van der Waals surface area contributed by atoms with Gasteiger partial charge in [0.2, 0.25) is 0 Å². The molecule has 0 radical (unpaired) electrons. The van der Waals surface area contributed by atoms with Crippen LogP contribution in [0, 0.1) is 5.92 Å². The summed E-state index contributed by atoms with van der Waals surface area (Å²) in [5.41, 5.74) is 7.66. The van der Waals surface area contributed by atoms with Gasteiger partial charge in [0.25, 0.3) is 0 Å². The minimum absolute atomic E-state index is 0.166. The van der Waals surface area contributed by atoms with Gasteiger partial charge in [-0.05, 0) is 37.5 Å². The minimum Gasteiger partial charge on any atom is -0.399 e. The molecule has 4 heteroatoms. The Morgan fingerprint density at radius 3 is 2.83 bits per heavy atom. The van der Waals surface area contributed by atoms with Crippen molar-refractivity contribution in [2.75, 3.05) is 23.8 Å². The second-order valence-corrected chi connectivity index (χ2v) is 6.31. The van der Waals surface area contributed by atoms with Crippen LogP contribution < -0.4 is 16.0 Å². The van der Waals surface area contributed by atoms with Crippen LogP contribution in [-0.2, 0) is 0 Å². The molecule has 2 rings (SSSR count). The largest absolute Gasteiger partial charge is 0.399 e. The second kappa shape index (κ2) is 4.98. The zero-order valence-corrected chi connectivity index (χ0v) is 12.1. The zero-order valence-electron chi connectivity index (χ0n) is 11.3. The summed E-state index contributed by atoms with van der Waals surface area (Å²) in [4.78, 5) is 2.28. The molecule has 1 fully saturated rings. The fraction of sp³-hybridized carbons (Fsp3) is 0.571. The Labute approximate surface area is 114 Å². The predicted octanol–water partition coefficient (Wildman–Crippen LogP) is 3.09. The lowest BCUT2D eigenvalue weighted by Gasteiger charge is -2.27. The number of rotatable bonds is 3. The Hall–Kier alpha value is -0.930. The molecule has 18 heavy (non-hydrogen) atoms. The smallest absolute Gasteiger partial charge is 0.0688 e. The fourth-order valence-corrected chi connectivity index (χ4v) is 3.12. The molecule has 0 amide bonds. The van der Waals surface area contributed by atoms with Crippen LogP contribution in [0.25, 0.3) is 0 Å². The first-order valence-corrected chi connectivity index (χ1v) is 6.82. The number of nitrogens with zero attached hydrogens (tertiary/aromatic N) is 1. The lowest BCUT2D eigenvalue weighted by molar-refractivity contribution is 0.352. The molecular formula is C14H22ClN3. The maximum Gasteiger partial charge on any atom is 0.0688 e. The van der Waals surface area contributed by atoms with Gasteiger partial charge in [-0.3, -0.25) is 5.32 Å². The molecule has 1 aliphatic heterocycles. The Kier molecular flexibility index (Phi) is 3.74. The van der Waals surface area contributed by atoms with Crippen molar-refractivity contribution < 1.29 is 0 Å². The number of benzene rings is 1. The molecule has 0 spiro atoms. The van der Waals surface area contributed by atoms with Crippen molar-refractivity contribution in [3.8, 4) is 0 Å². The summed E-state index contributed by atoms with van der Waals surface area (Å²) in [5, 5.41) is 4.32. The van der Waals surface area contributed by atoms with Crippen LogP contribution in [0.5, 0.6) is 0 Å². The van der Waals surface area contributed by atoms with E-state index in [4.69, 9.17) is 17.3 Å². The highest BCUT2D eigenvalue weighted by molar-refractivity contribution is 6.33. The van der Waals surface area contributed by atoms with E-state index in [1.807, 2.05) is 18.2 Å².